The van der Waals surface area contributed by atoms with Gasteiger partial charge in [0.15, 0.2) is 0 Å². The predicted molar refractivity (Wildman–Crippen MR) is 117 cm³/mol. The lowest BCUT2D eigenvalue weighted by atomic mass is 10.1. The summed E-state index contributed by atoms with van der Waals surface area (Å²) in [5, 5.41) is 2.68. The third-order valence-corrected chi connectivity index (χ3v) is 6.04. The zero-order valence-corrected chi connectivity index (χ0v) is 18.0. The van der Waals surface area contributed by atoms with Gasteiger partial charge in [-0.1, -0.05) is 23.8 Å². The third-order valence-electron chi connectivity index (χ3n) is 4.51. The first-order valence-corrected chi connectivity index (χ1v) is 11.1. The molecular weight excluding hydrogens is 419 g/mol. The van der Waals surface area contributed by atoms with Crippen LogP contribution in [0.5, 0.6) is 5.75 Å². The quantitative estimate of drug-likeness (QED) is 0.516. The number of hydrogen-bond acceptors (Lipinski definition) is 4. The van der Waals surface area contributed by atoms with Gasteiger partial charge >= 0.3 is 0 Å². The van der Waals surface area contributed by atoms with Crippen molar-refractivity contribution in [3.05, 3.63) is 89.2 Å². The Hall–Kier alpha value is -3.39. The number of anilines is 1. The molecule has 0 aliphatic rings. The summed E-state index contributed by atoms with van der Waals surface area (Å²) in [5.41, 5.74) is 2.20. The Kier molecular flexibility index (Phi) is 6.91. The van der Waals surface area contributed by atoms with Crippen LogP contribution in [0.4, 0.5) is 10.1 Å². The van der Waals surface area contributed by atoms with Crippen LogP contribution in [-0.4, -0.2) is 27.5 Å². The molecule has 0 radical (unpaired) electrons. The molecule has 0 aliphatic carbocycles. The van der Waals surface area contributed by atoms with E-state index in [1.54, 1.807) is 31.2 Å². The van der Waals surface area contributed by atoms with Crippen LogP contribution in [0.25, 0.3) is 0 Å². The number of amides is 1. The second kappa shape index (κ2) is 9.61. The van der Waals surface area contributed by atoms with Crippen molar-refractivity contribution in [3.8, 4) is 5.75 Å². The molecule has 3 rings (SSSR count). The summed E-state index contributed by atoms with van der Waals surface area (Å²) in [6, 6.07) is 17.0. The number of rotatable bonds is 8. The van der Waals surface area contributed by atoms with Crippen molar-refractivity contribution in [3.63, 3.8) is 0 Å². The van der Waals surface area contributed by atoms with Crippen LogP contribution in [0.1, 0.15) is 21.5 Å². The number of carbonyl (C=O) groups excluding carboxylic acids is 1. The van der Waals surface area contributed by atoms with Gasteiger partial charge < -0.3 is 10.1 Å². The van der Waals surface area contributed by atoms with Gasteiger partial charge in [0, 0.05) is 11.3 Å². The highest BCUT2D eigenvalue weighted by atomic mass is 32.2. The van der Waals surface area contributed by atoms with Gasteiger partial charge in [0.1, 0.15) is 18.2 Å². The van der Waals surface area contributed by atoms with Crippen molar-refractivity contribution in [1.82, 2.24) is 5.32 Å². The second-order valence-electron chi connectivity index (χ2n) is 7.01. The van der Waals surface area contributed by atoms with Crippen molar-refractivity contribution in [1.29, 1.82) is 0 Å². The van der Waals surface area contributed by atoms with E-state index < -0.39 is 15.9 Å². The first-order chi connectivity index (χ1) is 14.7. The van der Waals surface area contributed by atoms with E-state index in [9.17, 15) is 17.6 Å². The molecule has 1 amide bonds. The van der Waals surface area contributed by atoms with Crippen LogP contribution in [0.3, 0.4) is 0 Å². The van der Waals surface area contributed by atoms with Crippen molar-refractivity contribution < 1.29 is 22.3 Å². The van der Waals surface area contributed by atoms with Crippen LogP contribution >= 0.6 is 0 Å². The third kappa shape index (κ3) is 6.05. The van der Waals surface area contributed by atoms with E-state index in [4.69, 9.17) is 4.74 Å². The Bertz CT molecular complexity index is 1160. The summed E-state index contributed by atoms with van der Waals surface area (Å²) in [6.07, 6.45) is 0. The van der Waals surface area contributed by atoms with Crippen LogP contribution in [-0.2, 0) is 10.0 Å². The van der Waals surface area contributed by atoms with Crippen LogP contribution in [0, 0.1) is 19.7 Å². The summed E-state index contributed by atoms with van der Waals surface area (Å²) < 4.78 is 46.5. The number of halogens is 1. The highest BCUT2D eigenvalue weighted by Gasteiger charge is 2.19. The molecule has 0 aliphatic heterocycles. The molecule has 0 unspecified atom stereocenters. The monoisotopic (exact) mass is 442 g/mol. The maximum atomic E-state index is 12.9. The summed E-state index contributed by atoms with van der Waals surface area (Å²) >= 11 is 0. The molecule has 31 heavy (non-hydrogen) atoms. The standard InChI is InChI=1S/C23H23FN2O4S/c1-16-3-9-20(10-4-16)26-31(28,29)22-15-18(6-5-17(22)2)23(27)25-13-14-30-21-11-7-19(24)8-12-21/h3-12,15,26H,13-14H2,1-2H3,(H,25,27). The minimum Gasteiger partial charge on any atom is -0.492 e. The number of carbonyl (C=O) groups is 1. The molecule has 6 nitrogen and oxygen atoms in total. The normalized spacial score (nSPS) is 11.1. The highest BCUT2D eigenvalue weighted by molar-refractivity contribution is 7.92. The molecule has 0 saturated carbocycles. The smallest absolute Gasteiger partial charge is 0.262 e. The maximum Gasteiger partial charge on any atom is 0.262 e. The number of sulfonamides is 1. The molecule has 8 heteroatoms. The zero-order valence-electron chi connectivity index (χ0n) is 17.2. The second-order valence-corrected chi connectivity index (χ2v) is 8.66. The van der Waals surface area contributed by atoms with E-state index in [1.165, 1.54) is 30.3 Å². The van der Waals surface area contributed by atoms with Gasteiger partial charge in [-0.05, 0) is 67.9 Å². The van der Waals surface area contributed by atoms with E-state index in [0.29, 0.717) is 17.0 Å². The van der Waals surface area contributed by atoms with Gasteiger partial charge in [-0.3, -0.25) is 9.52 Å². The van der Waals surface area contributed by atoms with E-state index in [-0.39, 0.29) is 29.4 Å². The molecular formula is C23H23FN2O4S. The van der Waals surface area contributed by atoms with Crippen LogP contribution < -0.4 is 14.8 Å². The minimum absolute atomic E-state index is 0.0308. The molecule has 0 bridgehead atoms. The predicted octanol–water partition coefficient (Wildman–Crippen LogP) is 4.05. The van der Waals surface area contributed by atoms with Gasteiger partial charge in [0.25, 0.3) is 15.9 Å². The average Bonchev–Trinajstić information content (AvgIpc) is 2.74. The van der Waals surface area contributed by atoms with Crippen molar-refractivity contribution in [2.45, 2.75) is 18.7 Å². The number of benzene rings is 3. The number of ether oxygens (including phenoxy) is 1. The largest absolute Gasteiger partial charge is 0.492 e. The summed E-state index contributed by atoms with van der Waals surface area (Å²) in [6.45, 7) is 3.97. The van der Waals surface area contributed by atoms with Crippen molar-refractivity contribution in [2.75, 3.05) is 17.9 Å². The molecule has 0 aromatic heterocycles. The van der Waals surface area contributed by atoms with Gasteiger partial charge in [-0.2, -0.15) is 0 Å². The van der Waals surface area contributed by atoms with Crippen molar-refractivity contribution in [2.24, 2.45) is 0 Å². The first kappa shape index (κ1) is 22.3. The highest BCUT2D eigenvalue weighted by Crippen LogP contribution is 2.21. The molecule has 162 valence electrons. The van der Waals surface area contributed by atoms with Gasteiger partial charge in [-0.25, -0.2) is 12.8 Å². The number of nitrogens with one attached hydrogen (secondary N) is 2. The average molecular weight is 443 g/mol. The van der Waals surface area contributed by atoms with E-state index in [1.807, 2.05) is 19.1 Å². The lowest BCUT2D eigenvalue weighted by Gasteiger charge is -2.13. The van der Waals surface area contributed by atoms with E-state index in [0.717, 1.165) is 5.56 Å². The molecule has 0 atom stereocenters. The lowest BCUT2D eigenvalue weighted by molar-refractivity contribution is 0.0947. The Morgan fingerprint density at radius 2 is 1.65 bits per heavy atom. The van der Waals surface area contributed by atoms with E-state index in [2.05, 4.69) is 10.0 Å². The Labute approximate surface area is 181 Å². The molecule has 0 heterocycles. The molecule has 0 fully saturated rings. The molecule has 0 spiro atoms. The number of hydrogen-bond donors (Lipinski definition) is 2. The van der Waals surface area contributed by atoms with E-state index >= 15 is 0 Å². The van der Waals surface area contributed by atoms with Gasteiger partial charge in [-0.15, -0.1) is 0 Å². The molecule has 2 N–H and O–H groups in total. The Morgan fingerprint density at radius 1 is 0.968 bits per heavy atom. The summed E-state index contributed by atoms with van der Waals surface area (Å²) in [7, 11) is -3.86. The summed E-state index contributed by atoms with van der Waals surface area (Å²) in [4.78, 5) is 12.5. The van der Waals surface area contributed by atoms with Crippen LogP contribution in [0.15, 0.2) is 71.6 Å². The molecule has 3 aromatic rings. The fourth-order valence-electron chi connectivity index (χ4n) is 2.83. The maximum absolute atomic E-state index is 12.9. The molecule has 3 aromatic carbocycles. The van der Waals surface area contributed by atoms with Gasteiger partial charge in [0.05, 0.1) is 11.4 Å². The summed E-state index contributed by atoms with van der Waals surface area (Å²) in [5.74, 6) is -0.293. The SMILES string of the molecule is Cc1ccc(NS(=O)(=O)c2cc(C(=O)NCCOc3ccc(F)cc3)ccc2C)cc1. The van der Waals surface area contributed by atoms with Crippen molar-refractivity contribution >= 4 is 21.6 Å². The zero-order chi connectivity index (χ0) is 22.4. The van der Waals surface area contributed by atoms with Gasteiger partial charge in [0.2, 0.25) is 0 Å². The topological polar surface area (TPSA) is 84.5 Å². The molecule has 0 saturated heterocycles. The van der Waals surface area contributed by atoms with Crippen LogP contribution in [0.2, 0.25) is 0 Å². The lowest BCUT2D eigenvalue weighted by Crippen LogP contribution is -2.28. The fourth-order valence-corrected chi connectivity index (χ4v) is 4.16. The minimum atomic E-state index is -3.86. The fraction of sp³-hybridized carbons (Fsp3) is 0.174. The Balaban J connectivity index is 1.64. The Morgan fingerprint density at radius 3 is 2.32 bits per heavy atom. The first-order valence-electron chi connectivity index (χ1n) is 9.61. The number of aryl methyl sites for hydroxylation is 2.